The lowest BCUT2D eigenvalue weighted by Gasteiger charge is -2.42. The van der Waals surface area contributed by atoms with E-state index in [1.165, 1.54) is 32.2 Å². The van der Waals surface area contributed by atoms with Gasteiger partial charge in [-0.3, -0.25) is 14.5 Å². The highest BCUT2D eigenvalue weighted by Crippen LogP contribution is 2.27. The number of hydrogen-bond acceptors (Lipinski definition) is 3. The fourth-order valence-electron chi connectivity index (χ4n) is 2.50. The van der Waals surface area contributed by atoms with Gasteiger partial charge in [0.1, 0.15) is 0 Å². The minimum atomic E-state index is -0.250. The Kier molecular flexibility index (Phi) is 5.97. The van der Waals surface area contributed by atoms with Gasteiger partial charge in [0.05, 0.1) is 0 Å². The molecule has 17 heavy (non-hydrogen) atoms. The zero-order chi connectivity index (χ0) is 12.7. The maximum absolute atomic E-state index is 10.9. The quantitative estimate of drug-likeness (QED) is 0.704. The Morgan fingerprint density at radius 3 is 2.47 bits per heavy atom. The van der Waals surface area contributed by atoms with Crippen LogP contribution in [0.15, 0.2) is 0 Å². The van der Waals surface area contributed by atoms with Crippen LogP contribution in [0.1, 0.15) is 39.0 Å². The second-order valence-corrected chi connectivity index (χ2v) is 4.72. The molecule has 1 saturated carbocycles. The number of amides is 1. The van der Waals surface area contributed by atoms with Crippen molar-refractivity contribution in [2.24, 2.45) is 0 Å². The van der Waals surface area contributed by atoms with E-state index in [1.807, 2.05) is 0 Å². The second kappa shape index (κ2) is 7.27. The maximum Gasteiger partial charge on any atom is 0.290 e. The molecular weight excluding hydrogens is 220 g/mol. The van der Waals surface area contributed by atoms with E-state index in [9.17, 15) is 4.79 Å². The number of likely N-dealkylation sites (tertiary alicyclic amines) is 1. The van der Waals surface area contributed by atoms with E-state index in [1.54, 1.807) is 6.92 Å². The number of carbonyl (C=O) groups excluding carboxylic acids is 1. The molecule has 1 heterocycles. The molecule has 1 amide bonds. The first-order valence-corrected chi connectivity index (χ1v) is 6.26. The lowest BCUT2D eigenvalue weighted by molar-refractivity contribution is -0.123. The number of nitrogens with one attached hydrogen (secondary N) is 1. The summed E-state index contributed by atoms with van der Waals surface area (Å²) in [6.45, 7) is 3.67. The van der Waals surface area contributed by atoms with Gasteiger partial charge in [-0.15, -0.1) is 0 Å². The van der Waals surface area contributed by atoms with E-state index in [4.69, 9.17) is 9.90 Å². The van der Waals surface area contributed by atoms with Crippen LogP contribution in [0.5, 0.6) is 0 Å². The molecule has 98 valence electrons. The molecule has 0 aromatic heterocycles. The number of carboxylic acid groups (broad SMARTS) is 1. The Labute approximate surface area is 102 Å². The molecule has 2 aliphatic rings. The Bertz CT molecular complexity index is 254. The molecule has 1 atom stereocenters. The Balaban J connectivity index is 0.000000437. The third-order valence-electron chi connectivity index (χ3n) is 3.45. The number of piperidine rings is 1. The highest BCUT2D eigenvalue weighted by molar-refractivity contribution is 5.73. The Morgan fingerprint density at radius 2 is 2.00 bits per heavy atom. The molecule has 0 aromatic carbocycles. The molecule has 0 bridgehead atoms. The van der Waals surface area contributed by atoms with Gasteiger partial charge in [-0.05, 0) is 32.2 Å². The fourth-order valence-corrected chi connectivity index (χ4v) is 2.50. The molecule has 5 nitrogen and oxygen atoms in total. The van der Waals surface area contributed by atoms with Crippen LogP contribution >= 0.6 is 0 Å². The van der Waals surface area contributed by atoms with Gasteiger partial charge >= 0.3 is 0 Å². The smallest absolute Gasteiger partial charge is 0.290 e. The van der Waals surface area contributed by atoms with E-state index in [0.717, 1.165) is 19.0 Å². The van der Waals surface area contributed by atoms with Crippen LogP contribution in [0.3, 0.4) is 0 Å². The number of rotatable bonds is 2. The van der Waals surface area contributed by atoms with Crippen molar-refractivity contribution in [3.05, 3.63) is 0 Å². The summed E-state index contributed by atoms with van der Waals surface area (Å²) < 4.78 is 0. The van der Waals surface area contributed by atoms with Crippen LogP contribution in [-0.4, -0.2) is 47.6 Å². The Hall–Kier alpha value is -1.10. The molecule has 0 radical (unpaired) electrons. The maximum atomic E-state index is 10.9. The van der Waals surface area contributed by atoms with Gasteiger partial charge < -0.3 is 10.4 Å². The lowest BCUT2D eigenvalue weighted by atomic mass is 9.89. The average molecular weight is 242 g/mol. The zero-order valence-electron chi connectivity index (χ0n) is 10.4. The first-order valence-electron chi connectivity index (χ1n) is 6.26. The van der Waals surface area contributed by atoms with Crippen LogP contribution in [0.4, 0.5) is 0 Å². The van der Waals surface area contributed by atoms with Crippen LogP contribution in [0.2, 0.25) is 0 Å². The predicted molar refractivity (Wildman–Crippen MR) is 64.7 cm³/mol. The van der Waals surface area contributed by atoms with Crippen molar-refractivity contribution in [3.63, 3.8) is 0 Å². The van der Waals surface area contributed by atoms with Crippen LogP contribution in [-0.2, 0) is 9.59 Å². The van der Waals surface area contributed by atoms with Crippen LogP contribution in [0.25, 0.3) is 0 Å². The van der Waals surface area contributed by atoms with Crippen molar-refractivity contribution >= 4 is 12.4 Å². The first-order chi connectivity index (χ1) is 8.17. The van der Waals surface area contributed by atoms with Gasteiger partial charge in [-0.1, -0.05) is 6.42 Å². The number of hydrogen-bond donors (Lipinski definition) is 2. The second-order valence-electron chi connectivity index (χ2n) is 4.72. The molecule has 1 aliphatic carbocycles. The molecule has 1 saturated heterocycles. The first kappa shape index (κ1) is 14.0. The summed E-state index contributed by atoms with van der Waals surface area (Å²) in [4.78, 5) is 21.9. The van der Waals surface area contributed by atoms with Crippen LogP contribution in [0, 0.1) is 0 Å². The van der Waals surface area contributed by atoms with Crippen molar-refractivity contribution in [1.29, 1.82) is 0 Å². The standard InChI is InChI=1S/C11H20N2O.CH2O2/c1-9(14)12-10-4-3-7-13(8-10)11-5-2-6-11;2-1-3/h10-11H,2-8H2,1H3,(H,12,14);1H,(H,2,3). The van der Waals surface area contributed by atoms with E-state index < -0.39 is 0 Å². The van der Waals surface area contributed by atoms with Gasteiger partial charge in [0, 0.05) is 25.6 Å². The normalized spacial score (nSPS) is 25.1. The van der Waals surface area contributed by atoms with Crippen molar-refractivity contribution < 1.29 is 14.7 Å². The molecule has 5 heteroatoms. The summed E-state index contributed by atoms with van der Waals surface area (Å²) in [7, 11) is 0. The third kappa shape index (κ3) is 4.73. The van der Waals surface area contributed by atoms with Crippen molar-refractivity contribution in [1.82, 2.24) is 10.2 Å². The molecule has 2 fully saturated rings. The molecule has 2 N–H and O–H groups in total. The van der Waals surface area contributed by atoms with E-state index in [2.05, 4.69) is 10.2 Å². The van der Waals surface area contributed by atoms with Gasteiger partial charge in [-0.25, -0.2) is 0 Å². The number of nitrogens with zero attached hydrogens (tertiary/aromatic N) is 1. The molecule has 0 aromatic rings. The monoisotopic (exact) mass is 242 g/mol. The summed E-state index contributed by atoms with van der Waals surface area (Å²) in [5, 5.41) is 9.92. The molecule has 2 rings (SSSR count). The van der Waals surface area contributed by atoms with Crippen molar-refractivity contribution in [2.75, 3.05) is 13.1 Å². The van der Waals surface area contributed by atoms with Gasteiger partial charge in [0.15, 0.2) is 0 Å². The summed E-state index contributed by atoms with van der Waals surface area (Å²) in [5.74, 6) is 0.116. The molecule has 1 aliphatic heterocycles. The summed E-state index contributed by atoms with van der Waals surface area (Å²) in [5.41, 5.74) is 0. The van der Waals surface area contributed by atoms with Crippen molar-refractivity contribution in [3.8, 4) is 0 Å². The highest BCUT2D eigenvalue weighted by atomic mass is 16.3. The van der Waals surface area contributed by atoms with E-state index in [-0.39, 0.29) is 12.4 Å². The SMILES string of the molecule is CC(=O)NC1CCCN(C2CCC2)C1.O=CO. The summed E-state index contributed by atoms with van der Waals surface area (Å²) in [6, 6.07) is 1.23. The molecule has 1 unspecified atom stereocenters. The van der Waals surface area contributed by atoms with Gasteiger partial charge in [-0.2, -0.15) is 0 Å². The van der Waals surface area contributed by atoms with E-state index in [0.29, 0.717) is 6.04 Å². The summed E-state index contributed by atoms with van der Waals surface area (Å²) in [6.07, 6.45) is 6.52. The Morgan fingerprint density at radius 1 is 1.35 bits per heavy atom. The zero-order valence-corrected chi connectivity index (χ0v) is 10.4. The minimum Gasteiger partial charge on any atom is -0.483 e. The third-order valence-corrected chi connectivity index (χ3v) is 3.45. The molecule has 0 spiro atoms. The fraction of sp³-hybridized carbons (Fsp3) is 0.833. The number of carbonyl (C=O) groups is 2. The predicted octanol–water partition coefficient (Wildman–Crippen LogP) is 0.840. The molecular formula is C12H22N2O3. The lowest BCUT2D eigenvalue weighted by Crippen LogP contribution is -2.52. The largest absolute Gasteiger partial charge is 0.483 e. The van der Waals surface area contributed by atoms with E-state index >= 15 is 0 Å². The average Bonchev–Trinajstić information content (AvgIpc) is 2.15. The van der Waals surface area contributed by atoms with Crippen molar-refractivity contribution in [2.45, 2.75) is 51.1 Å². The minimum absolute atomic E-state index is 0.116. The van der Waals surface area contributed by atoms with Crippen LogP contribution < -0.4 is 5.32 Å². The summed E-state index contributed by atoms with van der Waals surface area (Å²) >= 11 is 0. The van der Waals surface area contributed by atoms with Gasteiger partial charge in [0.25, 0.3) is 6.47 Å². The topological polar surface area (TPSA) is 69.6 Å². The highest BCUT2D eigenvalue weighted by Gasteiger charge is 2.29. The van der Waals surface area contributed by atoms with Gasteiger partial charge in [0.2, 0.25) is 5.91 Å².